The smallest absolute Gasteiger partial charge is 0.480 e. The largest absolute Gasteiger partial charge is 0.496 e. The molecule has 2 heterocycles. The minimum atomic E-state index is -0.415. The lowest BCUT2D eigenvalue weighted by atomic mass is 9.80. The highest BCUT2D eigenvalue weighted by Crippen LogP contribution is 2.37. The molecule has 0 aliphatic carbocycles. The molecule has 1 fully saturated rings. The molecule has 1 aromatic heterocycles. The molecule has 0 unspecified atom stereocenters. The number of halogens is 1. The van der Waals surface area contributed by atoms with Gasteiger partial charge < -0.3 is 14.0 Å². The van der Waals surface area contributed by atoms with E-state index in [1.165, 1.54) is 0 Å². The summed E-state index contributed by atoms with van der Waals surface area (Å²) in [4.78, 5) is 4.12. The Labute approximate surface area is 116 Å². The van der Waals surface area contributed by atoms with Crippen LogP contribution in [0.1, 0.15) is 27.7 Å². The standard InChI is InChI=1S/C12H17BBrNO3/c1-11(2)12(3,4)18-13(17-11)8-6-7-15-10(16-5)9(8)14/h6-7H,1-5H3. The topological polar surface area (TPSA) is 40.6 Å². The molecule has 0 aromatic carbocycles. The predicted molar refractivity (Wildman–Crippen MR) is 74.2 cm³/mol. The molecule has 0 spiro atoms. The fourth-order valence-corrected chi connectivity index (χ4v) is 2.32. The van der Waals surface area contributed by atoms with Crippen molar-refractivity contribution in [1.82, 2.24) is 4.98 Å². The van der Waals surface area contributed by atoms with E-state index in [4.69, 9.17) is 14.0 Å². The van der Waals surface area contributed by atoms with Crippen LogP contribution in [0, 0.1) is 0 Å². The third-order valence-electron chi connectivity index (χ3n) is 3.59. The number of ether oxygens (including phenoxy) is 1. The number of rotatable bonds is 2. The Hall–Kier alpha value is -0.585. The minimum absolute atomic E-state index is 0.354. The van der Waals surface area contributed by atoms with Crippen LogP contribution < -0.4 is 10.2 Å². The molecule has 1 aromatic rings. The Morgan fingerprint density at radius 3 is 2.28 bits per heavy atom. The number of pyridine rings is 1. The van der Waals surface area contributed by atoms with Crippen molar-refractivity contribution in [2.75, 3.05) is 7.11 Å². The van der Waals surface area contributed by atoms with Crippen LogP contribution in [0.3, 0.4) is 0 Å². The number of hydrogen-bond acceptors (Lipinski definition) is 4. The molecule has 0 N–H and O–H groups in total. The zero-order chi connectivity index (χ0) is 13.6. The molecule has 1 saturated heterocycles. The van der Waals surface area contributed by atoms with E-state index < -0.39 is 7.12 Å². The summed E-state index contributed by atoms with van der Waals surface area (Å²) in [5.41, 5.74) is 0.182. The van der Waals surface area contributed by atoms with E-state index >= 15 is 0 Å². The highest BCUT2D eigenvalue weighted by molar-refractivity contribution is 9.10. The molecule has 0 saturated carbocycles. The van der Waals surface area contributed by atoms with E-state index in [0.717, 1.165) is 9.94 Å². The van der Waals surface area contributed by atoms with Crippen LogP contribution in [0.4, 0.5) is 0 Å². The van der Waals surface area contributed by atoms with E-state index in [9.17, 15) is 0 Å². The van der Waals surface area contributed by atoms with Crippen molar-refractivity contribution in [2.24, 2.45) is 0 Å². The van der Waals surface area contributed by atoms with Crippen LogP contribution in [-0.2, 0) is 9.31 Å². The van der Waals surface area contributed by atoms with Gasteiger partial charge in [-0.05, 0) is 49.7 Å². The van der Waals surface area contributed by atoms with Crippen LogP contribution in [0.25, 0.3) is 0 Å². The molecule has 98 valence electrons. The van der Waals surface area contributed by atoms with Crippen molar-refractivity contribution in [3.8, 4) is 5.88 Å². The van der Waals surface area contributed by atoms with Gasteiger partial charge in [0.25, 0.3) is 0 Å². The third kappa shape index (κ3) is 2.17. The molecule has 4 nitrogen and oxygen atoms in total. The first-order valence-corrected chi connectivity index (χ1v) is 6.62. The van der Waals surface area contributed by atoms with Crippen LogP contribution in [0.5, 0.6) is 5.88 Å². The fraction of sp³-hybridized carbons (Fsp3) is 0.583. The SMILES string of the molecule is COc1nccc(B2OC(C)(C)C(C)(C)O2)c1Br. The molecular weight excluding hydrogens is 297 g/mol. The van der Waals surface area contributed by atoms with Gasteiger partial charge in [0, 0.05) is 11.7 Å². The first-order chi connectivity index (χ1) is 8.28. The molecule has 1 aliphatic heterocycles. The van der Waals surface area contributed by atoms with Crippen molar-refractivity contribution in [1.29, 1.82) is 0 Å². The summed E-state index contributed by atoms with van der Waals surface area (Å²) in [6.45, 7) is 8.11. The second kappa shape index (κ2) is 4.51. The van der Waals surface area contributed by atoms with Gasteiger partial charge in [-0.2, -0.15) is 0 Å². The maximum absolute atomic E-state index is 5.99. The van der Waals surface area contributed by atoms with Crippen molar-refractivity contribution in [3.63, 3.8) is 0 Å². The third-order valence-corrected chi connectivity index (χ3v) is 4.38. The first kappa shape index (κ1) is 13.8. The van der Waals surface area contributed by atoms with Gasteiger partial charge in [0.2, 0.25) is 5.88 Å². The van der Waals surface area contributed by atoms with Crippen LogP contribution in [0.2, 0.25) is 0 Å². The summed E-state index contributed by atoms with van der Waals surface area (Å²) < 4.78 is 17.9. The summed E-state index contributed by atoms with van der Waals surface area (Å²) in [6.07, 6.45) is 1.68. The van der Waals surface area contributed by atoms with Crippen LogP contribution >= 0.6 is 15.9 Å². The Bertz CT molecular complexity index is 449. The van der Waals surface area contributed by atoms with Gasteiger partial charge in [0.15, 0.2) is 0 Å². The molecule has 0 radical (unpaired) electrons. The van der Waals surface area contributed by atoms with Crippen LogP contribution in [0.15, 0.2) is 16.7 Å². The minimum Gasteiger partial charge on any atom is -0.480 e. The Morgan fingerprint density at radius 2 is 1.78 bits per heavy atom. The molecular formula is C12H17BBrNO3. The number of hydrogen-bond donors (Lipinski definition) is 0. The lowest BCUT2D eigenvalue weighted by Crippen LogP contribution is -2.41. The van der Waals surface area contributed by atoms with Gasteiger partial charge in [0.05, 0.1) is 22.8 Å². The van der Waals surface area contributed by atoms with Gasteiger partial charge in [-0.3, -0.25) is 0 Å². The molecule has 0 atom stereocenters. The van der Waals surface area contributed by atoms with Crippen molar-refractivity contribution in [2.45, 2.75) is 38.9 Å². The van der Waals surface area contributed by atoms with E-state index in [0.29, 0.717) is 5.88 Å². The molecule has 1 aliphatic rings. The quantitative estimate of drug-likeness (QED) is 0.785. The molecule has 18 heavy (non-hydrogen) atoms. The maximum Gasteiger partial charge on any atom is 0.496 e. The van der Waals surface area contributed by atoms with Gasteiger partial charge in [-0.1, -0.05) is 0 Å². The molecule has 2 rings (SSSR count). The van der Waals surface area contributed by atoms with Crippen LogP contribution in [-0.4, -0.2) is 30.4 Å². The zero-order valence-electron chi connectivity index (χ0n) is 11.3. The Balaban J connectivity index is 2.35. The van der Waals surface area contributed by atoms with Crippen molar-refractivity contribution in [3.05, 3.63) is 16.7 Å². The summed E-state index contributed by atoms with van der Waals surface area (Å²) in [7, 11) is 1.17. The fourth-order valence-electron chi connectivity index (χ4n) is 1.73. The average Bonchev–Trinajstić information content (AvgIpc) is 2.48. The van der Waals surface area contributed by atoms with Crippen molar-refractivity contribution < 1.29 is 14.0 Å². The van der Waals surface area contributed by atoms with Gasteiger partial charge in [-0.25, -0.2) is 4.98 Å². The lowest BCUT2D eigenvalue weighted by molar-refractivity contribution is 0.00578. The molecule has 6 heteroatoms. The van der Waals surface area contributed by atoms with E-state index in [-0.39, 0.29) is 11.2 Å². The molecule has 0 amide bonds. The first-order valence-electron chi connectivity index (χ1n) is 5.82. The average molecular weight is 314 g/mol. The van der Waals surface area contributed by atoms with Gasteiger partial charge >= 0.3 is 7.12 Å². The Morgan fingerprint density at radius 1 is 1.22 bits per heavy atom. The second-order valence-electron chi connectivity index (χ2n) is 5.31. The summed E-state index contributed by atoms with van der Waals surface area (Å²) in [5.74, 6) is 0.530. The highest BCUT2D eigenvalue weighted by atomic mass is 79.9. The van der Waals surface area contributed by atoms with E-state index in [1.807, 2.05) is 33.8 Å². The second-order valence-corrected chi connectivity index (χ2v) is 6.10. The van der Waals surface area contributed by atoms with Gasteiger partial charge in [-0.15, -0.1) is 0 Å². The van der Waals surface area contributed by atoms with Gasteiger partial charge in [0.1, 0.15) is 0 Å². The number of nitrogens with zero attached hydrogens (tertiary/aromatic N) is 1. The lowest BCUT2D eigenvalue weighted by Gasteiger charge is -2.32. The maximum atomic E-state index is 5.99. The summed E-state index contributed by atoms with van der Waals surface area (Å²) in [5, 5.41) is 0. The summed E-state index contributed by atoms with van der Waals surface area (Å²) in [6, 6.07) is 1.87. The normalized spacial score (nSPS) is 21.1. The highest BCUT2D eigenvalue weighted by Gasteiger charge is 2.52. The van der Waals surface area contributed by atoms with Crippen molar-refractivity contribution >= 4 is 28.5 Å². The monoisotopic (exact) mass is 313 g/mol. The molecule has 0 bridgehead atoms. The number of methoxy groups -OCH3 is 1. The number of aromatic nitrogens is 1. The predicted octanol–water partition coefficient (Wildman–Crippen LogP) is 2.15. The van der Waals surface area contributed by atoms with E-state index in [2.05, 4.69) is 20.9 Å². The summed E-state index contributed by atoms with van der Waals surface area (Å²) >= 11 is 3.48. The zero-order valence-corrected chi connectivity index (χ0v) is 12.9. The Kier molecular flexibility index (Phi) is 3.47. The van der Waals surface area contributed by atoms with E-state index in [1.54, 1.807) is 13.3 Å².